The number of aryl methyl sites for hydroxylation is 1. The lowest BCUT2D eigenvalue weighted by Crippen LogP contribution is -1.98. The van der Waals surface area contributed by atoms with Crippen LogP contribution in [0.5, 0.6) is 0 Å². The van der Waals surface area contributed by atoms with E-state index < -0.39 is 0 Å². The van der Waals surface area contributed by atoms with Gasteiger partial charge >= 0.3 is 0 Å². The first-order valence-corrected chi connectivity index (χ1v) is 6.47. The number of benzene rings is 1. The number of rotatable bonds is 5. The van der Waals surface area contributed by atoms with Gasteiger partial charge in [0, 0.05) is 11.9 Å². The van der Waals surface area contributed by atoms with Crippen LogP contribution in [0, 0.1) is 0 Å². The van der Waals surface area contributed by atoms with Crippen molar-refractivity contribution in [1.82, 2.24) is 4.98 Å². The van der Waals surface area contributed by atoms with Gasteiger partial charge < -0.3 is 5.32 Å². The minimum Gasteiger partial charge on any atom is -0.370 e. The first-order valence-electron chi connectivity index (χ1n) is 6.47. The fourth-order valence-electron chi connectivity index (χ4n) is 1.99. The number of anilines is 1. The van der Waals surface area contributed by atoms with Gasteiger partial charge in [0.05, 0.1) is 5.52 Å². The Balaban J connectivity index is 2.26. The van der Waals surface area contributed by atoms with Crippen LogP contribution in [0.1, 0.15) is 32.3 Å². The van der Waals surface area contributed by atoms with Gasteiger partial charge in [-0.2, -0.15) is 0 Å². The second-order valence-corrected chi connectivity index (χ2v) is 4.36. The van der Waals surface area contributed by atoms with Crippen LogP contribution in [0.25, 0.3) is 10.9 Å². The monoisotopic (exact) mass is 228 g/mol. The van der Waals surface area contributed by atoms with Crippen LogP contribution in [0.3, 0.4) is 0 Å². The fraction of sp³-hybridized carbons (Fsp3) is 0.400. The zero-order chi connectivity index (χ0) is 12.1. The van der Waals surface area contributed by atoms with Gasteiger partial charge in [-0.1, -0.05) is 19.4 Å². The van der Waals surface area contributed by atoms with Crippen LogP contribution < -0.4 is 5.32 Å². The summed E-state index contributed by atoms with van der Waals surface area (Å²) < 4.78 is 0. The lowest BCUT2D eigenvalue weighted by atomic mass is 10.1. The van der Waals surface area contributed by atoms with E-state index in [1.807, 2.05) is 0 Å². The molecule has 2 aromatic rings. The normalized spacial score (nSPS) is 10.7. The highest BCUT2D eigenvalue weighted by atomic mass is 15.0. The van der Waals surface area contributed by atoms with Gasteiger partial charge in [-0.25, -0.2) is 4.98 Å². The van der Waals surface area contributed by atoms with Gasteiger partial charge in [0.2, 0.25) is 0 Å². The fourth-order valence-corrected chi connectivity index (χ4v) is 1.99. The molecule has 0 spiro atoms. The third-order valence-electron chi connectivity index (χ3n) is 2.93. The lowest BCUT2D eigenvalue weighted by Gasteiger charge is -2.06. The maximum absolute atomic E-state index is 4.58. The first-order chi connectivity index (χ1) is 8.33. The van der Waals surface area contributed by atoms with Crippen LogP contribution >= 0.6 is 0 Å². The number of hydrogen-bond donors (Lipinski definition) is 1. The van der Waals surface area contributed by atoms with E-state index >= 15 is 0 Å². The minimum atomic E-state index is 0.910. The maximum atomic E-state index is 4.58. The van der Waals surface area contributed by atoms with Gasteiger partial charge in [-0.15, -0.1) is 0 Å². The van der Waals surface area contributed by atoms with Crippen LogP contribution in [0.15, 0.2) is 30.3 Å². The molecule has 0 unspecified atom stereocenters. The summed E-state index contributed by atoms with van der Waals surface area (Å²) in [5.74, 6) is 0.960. The van der Waals surface area contributed by atoms with E-state index in [9.17, 15) is 0 Å². The molecule has 0 bridgehead atoms. The number of pyridine rings is 1. The van der Waals surface area contributed by atoms with Gasteiger partial charge in [-0.05, 0) is 49.6 Å². The average Bonchev–Trinajstić information content (AvgIpc) is 2.36. The summed E-state index contributed by atoms with van der Waals surface area (Å²) in [6.45, 7) is 5.22. The van der Waals surface area contributed by atoms with E-state index in [0.717, 1.165) is 17.9 Å². The molecule has 0 aliphatic rings. The maximum Gasteiger partial charge on any atom is 0.126 e. The van der Waals surface area contributed by atoms with Crippen molar-refractivity contribution >= 4 is 16.7 Å². The van der Waals surface area contributed by atoms with Crippen molar-refractivity contribution in [2.24, 2.45) is 0 Å². The molecule has 1 aromatic carbocycles. The molecular weight excluding hydrogens is 208 g/mol. The molecule has 1 aromatic heterocycles. The highest BCUT2D eigenvalue weighted by Crippen LogP contribution is 2.18. The van der Waals surface area contributed by atoms with E-state index in [2.05, 4.69) is 54.5 Å². The molecule has 0 aliphatic heterocycles. The van der Waals surface area contributed by atoms with Gasteiger partial charge in [-0.3, -0.25) is 0 Å². The Labute approximate surface area is 103 Å². The molecule has 1 N–H and O–H groups in total. The van der Waals surface area contributed by atoms with Crippen molar-refractivity contribution in [2.45, 2.75) is 33.1 Å². The van der Waals surface area contributed by atoms with Crippen molar-refractivity contribution in [3.63, 3.8) is 0 Å². The molecule has 0 amide bonds. The van der Waals surface area contributed by atoms with E-state index in [1.165, 1.54) is 30.2 Å². The number of unbranched alkanes of at least 4 members (excludes halogenated alkanes) is 1. The smallest absolute Gasteiger partial charge is 0.126 e. The molecule has 0 aliphatic carbocycles. The Bertz CT molecular complexity index is 491. The molecular formula is C15H20N2. The summed E-state index contributed by atoms with van der Waals surface area (Å²) in [6, 6.07) is 10.8. The number of hydrogen-bond acceptors (Lipinski definition) is 2. The highest BCUT2D eigenvalue weighted by Gasteiger charge is 1.99. The third-order valence-corrected chi connectivity index (χ3v) is 2.93. The Morgan fingerprint density at radius 3 is 2.76 bits per heavy atom. The van der Waals surface area contributed by atoms with Gasteiger partial charge in [0.15, 0.2) is 0 Å². The number of aromatic nitrogens is 1. The van der Waals surface area contributed by atoms with E-state index in [4.69, 9.17) is 0 Å². The molecule has 0 saturated carbocycles. The number of nitrogens with one attached hydrogen (secondary N) is 1. The summed E-state index contributed by atoms with van der Waals surface area (Å²) >= 11 is 0. The molecule has 0 fully saturated rings. The molecule has 90 valence electrons. The predicted octanol–water partition coefficient (Wildman–Crippen LogP) is 4.01. The standard InChI is InChI=1S/C15H20N2/c1-3-5-6-12-7-9-14-13(11-12)8-10-15(17-14)16-4-2/h7-11H,3-6H2,1-2H3,(H,16,17). The minimum absolute atomic E-state index is 0.910. The molecule has 2 nitrogen and oxygen atoms in total. The van der Waals surface area contributed by atoms with Crippen molar-refractivity contribution in [1.29, 1.82) is 0 Å². The van der Waals surface area contributed by atoms with Crippen molar-refractivity contribution in [3.05, 3.63) is 35.9 Å². The van der Waals surface area contributed by atoms with Crippen LogP contribution in [-0.4, -0.2) is 11.5 Å². The number of fused-ring (bicyclic) bond motifs is 1. The molecule has 17 heavy (non-hydrogen) atoms. The highest BCUT2D eigenvalue weighted by molar-refractivity contribution is 5.80. The third kappa shape index (κ3) is 2.96. The van der Waals surface area contributed by atoms with Crippen LogP contribution in [0.2, 0.25) is 0 Å². The topological polar surface area (TPSA) is 24.9 Å². The molecule has 2 heteroatoms. The quantitative estimate of drug-likeness (QED) is 0.836. The Morgan fingerprint density at radius 2 is 2.00 bits per heavy atom. The summed E-state index contributed by atoms with van der Waals surface area (Å²) in [6.07, 6.45) is 3.67. The molecule has 2 rings (SSSR count). The van der Waals surface area contributed by atoms with Crippen molar-refractivity contribution < 1.29 is 0 Å². The predicted molar refractivity (Wildman–Crippen MR) is 74.5 cm³/mol. The molecule has 0 saturated heterocycles. The zero-order valence-electron chi connectivity index (χ0n) is 10.7. The van der Waals surface area contributed by atoms with E-state index in [0.29, 0.717) is 0 Å². The second-order valence-electron chi connectivity index (χ2n) is 4.36. The Morgan fingerprint density at radius 1 is 1.12 bits per heavy atom. The lowest BCUT2D eigenvalue weighted by molar-refractivity contribution is 0.796. The summed E-state index contributed by atoms with van der Waals surface area (Å²) in [5.41, 5.74) is 2.49. The molecule has 0 atom stereocenters. The van der Waals surface area contributed by atoms with Crippen LogP contribution in [0.4, 0.5) is 5.82 Å². The largest absolute Gasteiger partial charge is 0.370 e. The van der Waals surface area contributed by atoms with Gasteiger partial charge in [0.1, 0.15) is 5.82 Å². The first kappa shape index (κ1) is 11.9. The van der Waals surface area contributed by atoms with Crippen molar-refractivity contribution in [3.8, 4) is 0 Å². The average molecular weight is 228 g/mol. The Hall–Kier alpha value is -1.57. The summed E-state index contributed by atoms with van der Waals surface area (Å²) in [7, 11) is 0. The Kier molecular flexibility index (Phi) is 3.97. The van der Waals surface area contributed by atoms with E-state index in [-0.39, 0.29) is 0 Å². The van der Waals surface area contributed by atoms with Crippen LogP contribution in [-0.2, 0) is 6.42 Å². The SMILES string of the molecule is CCCCc1ccc2nc(NCC)ccc2c1. The summed E-state index contributed by atoms with van der Waals surface area (Å²) in [5, 5.41) is 4.47. The second kappa shape index (κ2) is 5.67. The molecule has 0 radical (unpaired) electrons. The summed E-state index contributed by atoms with van der Waals surface area (Å²) in [4.78, 5) is 4.58. The van der Waals surface area contributed by atoms with E-state index in [1.54, 1.807) is 0 Å². The zero-order valence-corrected chi connectivity index (χ0v) is 10.7. The van der Waals surface area contributed by atoms with Crippen molar-refractivity contribution in [2.75, 3.05) is 11.9 Å². The molecule has 1 heterocycles. The number of nitrogens with zero attached hydrogens (tertiary/aromatic N) is 1. The van der Waals surface area contributed by atoms with Gasteiger partial charge in [0.25, 0.3) is 0 Å².